The van der Waals surface area contributed by atoms with Crippen molar-refractivity contribution in [2.24, 2.45) is 0 Å². The third kappa shape index (κ3) is 3.08. The molecule has 5 N–H and O–H groups in total. The monoisotopic (exact) mass is 383 g/mol. The second-order valence-corrected chi connectivity index (χ2v) is 7.21. The lowest BCUT2D eigenvalue weighted by Gasteiger charge is -2.27. The third-order valence-electron chi connectivity index (χ3n) is 5.40. The number of likely N-dealkylation sites (tertiary alicyclic amines) is 1. The van der Waals surface area contributed by atoms with Gasteiger partial charge in [0, 0.05) is 25.9 Å². The van der Waals surface area contributed by atoms with Gasteiger partial charge in [-0.2, -0.15) is 9.97 Å². The Morgan fingerprint density at radius 1 is 1.11 bits per heavy atom. The number of anilines is 2. The Labute approximate surface area is 161 Å². The summed E-state index contributed by atoms with van der Waals surface area (Å²) in [5, 5.41) is 9.36. The van der Waals surface area contributed by atoms with Crippen molar-refractivity contribution in [3.8, 4) is 5.88 Å². The molecule has 146 valence electrons. The highest BCUT2D eigenvalue weighted by atomic mass is 16.5. The molecule has 1 saturated heterocycles. The first-order chi connectivity index (χ1) is 13.4. The molecule has 0 saturated carbocycles. The van der Waals surface area contributed by atoms with Crippen LogP contribution in [0.5, 0.6) is 5.88 Å². The van der Waals surface area contributed by atoms with Crippen LogP contribution in [0.1, 0.15) is 45.5 Å². The standard InChI is InChI=1S/C19H21N5O4/c20-14-13-10-19(28-15(13)23-18(21)22-14)6-3-8-24(9-7-19)16(25)11-4-1-2-5-12(11)17(26)27/h1-2,4-5H,3,6-10H2,(H,26,27)(H4,20,21,22,23)/t19-/m0/s1. The van der Waals surface area contributed by atoms with Crippen molar-refractivity contribution in [2.75, 3.05) is 24.6 Å². The van der Waals surface area contributed by atoms with Crippen LogP contribution in [0.15, 0.2) is 24.3 Å². The molecule has 1 amide bonds. The summed E-state index contributed by atoms with van der Waals surface area (Å²) in [4.78, 5) is 34.2. The molecule has 0 unspecified atom stereocenters. The fraction of sp³-hybridized carbons (Fsp3) is 0.368. The van der Waals surface area contributed by atoms with E-state index in [1.165, 1.54) is 6.07 Å². The summed E-state index contributed by atoms with van der Waals surface area (Å²) in [5.74, 6) is -0.581. The van der Waals surface area contributed by atoms with Crippen LogP contribution >= 0.6 is 0 Å². The van der Waals surface area contributed by atoms with Crippen LogP contribution in [-0.4, -0.2) is 50.5 Å². The summed E-state index contributed by atoms with van der Waals surface area (Å²) in [5.41, 5.74) is 12.1. The predicted molar refractivity (Wildman–Crippen MR) is 101 cm³/mol. The highest BCUT2D eigenvalue weighted by molar-refractivity contribution is 6.04. The first-order valence-corrected chi connectivity index (χ1v) is 9.11. The van der Waals surface area contributed by atoms with Crippen molar-refractivity contribution < 1.29 is 19.4 Å². The zero-order valence-corrected chi connectivity index (χ0v) is 15.2. The molecular weight excluding hydrogens is 362 g/mol. The summed E-state index contributed by atoms with van der Waals surface area (Å²) in [6.07, 6.45) is 2.61. The Hall–Kier alpha value is -3.36. The SMILES string of the molecule is Nc1nc(N)c2c(n1)O[C@]1(CCCN(C(=O)c3ccccc3C(=O)O)CC1)C2. The van der Waals surface area contributed by atoms with Crippen LogP contribution in [-0.2, 0) is 6.42 Å². The van der Waals surface area contributed by atoms with Crippen molar-refractivity contribution in [2.45, 2.75) is 31.3 Å². The minimum absolute atomic E-state index is 0.00880. The van der Waals surface area contributed by atoms with Gasteiger partial charge in [-0.15, -0.1) is 0 Å². The van der Waals surface area contributed by atoms with Crippen LogP contribution in [0.2, 0.25) is 0 Å². The number of fused-ring (bicyclic) bond motifs is 1. The summed E-state index contributed by atoms with van der Waals surface area (Å²) in [6, 6.07) is 6.27. The number of benzene rings is 1. The van der Waals surface area contributed by atoms with Crippen LogP contribution in [0.25, 0.3) is 0 Å². The molecule has 9 heteroatoms. The van der Waals surface area contributed by atoms with Crippen molar-refractivity contribution >= 4 is 23.6 Å². The molecule has 1 spiro atoms. The number of amides is 1. The van der Waals surface area contributed by atoms with Crippen LogP contribution in [0.3, 0.4) is 0 Å². The largest absolute Gasteiger partial charge is 0.478 e. The number of nitrogens with zero attached hydrogens (tertiary/aromatic N) is 3. The van der Waals surface area contributed by atoms with Gasteiger partial charge in [-0.3, -0.25) is 4.79 Å². The lowest BCUT2D eigenvalue weighted by Crippen LogP contribution is -2.37. The third-order valence-corrected chi connectivity index (χ3v) is 5.40. The maximum Gasteiger partial charge on any atom is 0.336 e. The molecule has 3 heterocycles. The Bertz CT molecular complexity index is 963. The number of ether oxygens (including phenoxy) is 1. The first kappa shape index (κ1) is 18.0. The first-order valence-electron chi connectivity index (χ1n) is 9.11. The number of carboxylic acids is 1. The molecule has 9 nitrogen and oxygen atoms in total. The molecule has 2 aliphatic heterocycles. The van der Waals surface area contributed by atoms with Crippen molar-refractivity contribution in [3.05, 3.63) is 41.0 Å². The number of aromatic carboxylic acids is 1. The summed E-state index contributed by atoms with van der Waals surface area (Å²) in [7, 11) is 0. The molecule has 1 atom stereocenters. The van der Waals surface area contributed by atoms with Crippen molar-refractivity contribution in [3.63, 3.8) is 0 Å². The molecule has 2 aliphatic rings. The van der Waals surface area contributed by atoms with Crippen LogP contribution in [0.4, 0.5) is 11.8 Å². The smallest absolute Gasteiger partial charge is 0.336 e. The summed E-state index contributed by atoms with van der Waals surface area (Å²) in [6.45, 7) is 0.973. The molecular formula is C19H21N5O4. The molecule has 4 rings (SSSR count). The topological polar surface area (TPSA) is 145 Å². The fourth-order valence-corrected chi connectivity index (χ4v) is 3.99. The van der Waals surface area contributed by atoms with Gasteiger partial charge in [0.2, 0.25) is 11.8 Å². The molecule has 0 aliphatic carbocycles. The Balaban J connectivity index is 1.53. The molecule has 1 aromatic heterocycles. The lowest BCUT2D eigenvalue weighted by molar-refractivity contribution is 0.0638. The maximum atomic E-state index is 13.0. The number of nitrogen functional groups attached to an aromatic ring is 2. The second-order valence-electron chi connectivity index (χ2n) is 7.21. The van der Waals surface area contributed by atoms with E-state index in [2.05, 4.69) is 9.97 Å². The highest BCUT2D eigenvalue weighted by Gasteiger charge is 2.43. The van der Waals surface area contributed by atoms with Gasteiger partial charge in [0.25, 0.3) is 5.91 Å². The normalized spacial score (nSPS) is 21.1. The van der Waals surface area contributed by atoms with E-state index in [9.17, 15) is 14.7 Å². The van der Waals surface area contributed by atoms with Gasteiger partial charge in [-0.1, -0.05) is 12.1 Å². The minimum Gasteiger partial charge on any atom is -0.478 e. The molecule has 0 radical (unpaired) electrons. The van der Waals surface area contributed by atoms with Crippen LogP contribution in [0, 0.1) is 0 Å². The Morgan fingerprint density at radius 2 is 1.86 bits per heavy atom. The van der Waals surface area contributed by atoms with E-state index < -0.39 is 11.6 Å². The van der Waals surface area contributed by atoms with E-state index in [0.29, 0.717) is 37.6 Å². The summed E-state index contributed by atoms with van der Waals surface area (Å²) < 4.78 is 6.13. The Morgan fingerprint density at radius 3 is 2.61 bits per heavy atom. The van der Waals surface area contributed by atoms with Gasteiger partial charge < -0.3 is 26.2 Å². The van der Waals surface area contributed by atoms with E-state index in [4.69, 9.17) is 16.2 Å². The molecule has 2 aromatic rings. The molecule has 0 bridgehead atoms. The van der Waals surface area contributed by atoms with Crippen molar-refractivity contribution in [1.82, 2.24) is 14.9 Å². The number of rotatable bonds is 2. The van der Waals surface area contributed by atoms with E-state index in [1.807, 2.05) is 0 Å². The molecule has 1 fully saturated rings. The van der Waals surface area contributed by atoms with Gasteiger partial charge in [0.05, 0.1) is 16.7 Å². The highest BCUT2D eigenvalue weighted by Crippen LogP contribution is 2.42. The summed E-state index contributed by atoms with van der Waals surface area (Å²) >= 11 is 0. The quantitative estimate of drug-likeness (QED) is 0.704. The van der Waals surface area contributed by atoms with Gasteiger partial charge in [-0.05, 0) is 25.0 Å². The number of carboxylic acid groups (broad SMARTS) is 1. The van der Waals surface area contributed by atoms with E-state index in [0.717, 1.165) is 18.4 Å². The Kier molecular flexibility index (Phi) is 4.29. The van der Waals surface area contributed by atoms with E-state index >= 15 is 0 Å². The number of hydrogen-bond donors (Lipinski definition) is 3. The zero-order valence-electron chi connectivity index (χ0n) is 15.2. The van der Waals surface area contributed by atoms with Gasteiger partial charge >= 0.3 is 5.97 Å². The van der Waals surface area contributed by atoms with Gasteiger partial charge in [0.1, 0.15) is 11.4 Å². The van der Waals surface area contributed by atoms with Gasteiger partial charge in [-0.25, -0.2) is 4.79 Å². The zero-order chi connectivity index (χ0) is 19.9. The average Bonchev–Trinajstić information content (AvgIpc) is 2.89. The predicted octanol–water partition coefficient (Wildman–Crippen LogP) is 1.34. The fourth-order valence-electron chi connectivity index (χ4n) is 3.99. The van der Waals surface area contributed by atoms with E-state index in [1.54, 1.807) is 23.1 Å². The van der Waals surface area contributed by atoms with Gasteiger partial charge in [0.15, 0.2) is 0 Å². The molecule has 1 aromatic carbocycles. The number of aromatic nitrogens is 2. The van der Waals surface area contributed by atoms with E-state index in [-0.39, 0.29) is 23.0 Å². The maximum absolute atomic E-state index is 13.0. The average molecular weight is 383 g/mol. The number of hydrogen-bond acceptors (Lipinski definition) is 7. The number of nitrogens with two attached hydrogens (primary N) is 2. The van der Waals surface area contributed by atoms with Crippen molar-refractivity contribution in [1.29, 1.82) is 0 Å². The minimum atomic E-state index is -1.11. The second kappa shape index (κ2) is 6.66. The lowest BCUT2D eigenvalue weighted by atomic mass is 9.90. The van der Waals surface area contributed by atoms with Crippen LogP contribution < -0.4 is 16.2 Å². The molecule has 28 heavy (non-hydrogen) atoms. The number of carbonyl (C=O) groups excluding carboxylic acids is 1. The number of carbonyl (C=O) groups is 2.